The summed E-state index contributed by atoms with van der Waals surface area (Å²) in [6.07, 6.45) is 0. The summed E-state index contributed by atoms with van der Waals surface area (Å²) in [5.41, 5.74) is 6.23. The van der Waals surface area contributed by atoms with Crippen LogP contribution < -0.4 is 15.2 Å². The van der Waals surface area contributed by atoms with E-state index in [0.29, 0.717) is 40.9 Å². The van der Waals surface area contributed by atoms with Crippen molar-refractivity contribution in [2.24, 2.45) is 0 Å². The van der Waals surface area contributed by atoms with E-state index in [1.165, 1.54) is 0 Å². The van der Waals surface area contributed by atoms with E-state index in [1.807, 2.05) is 0 Å². The normalized spacial score (nSPS) is 11.4. The summed E-state index contributed by atoms with van der Waals surface area (Å²) in [6, 6.07) is 4.34. The van der Waals surface area contributed by atoms with E-state index in [9.17, 15) is 0 Å². The maximum absolute atomic E-state index is 6.01. The Balaban J connectivity index is 2.68. The van der Waals surface area contributed by atoms with Crippen LogP contribution in [0.15, 0.2) is 12.1 Å². The van der Waals surface area contributed by atoms with Gasteiger partial charge in [0.05, 0.1) is 17.8 Å². The molecule has 0 aliphatic rings. The van der Waals surface area contributed by atoms with Crippen LogP contribution in [-0.4, -0.2) is 37.2 Å². The second-order valence-electron chi connectivity index (χ2n) is 5.30. The Hall–Kier alpha value is -1.13. The van der Waals surface area contributed by atoms with E-state index < -0.39 is 0 Å². The van der Waals surface area contributed by atoms with Gasteiger partial charge in [-0.2, -0.15) is 0 Å². The number of halogens is 1. The number of ether oxygens (including phenoxy) is 2. The standard InChI is InChI=1S/C15H25ClN2O2/c1-10(2)18(11(3)4)6-7-20-15-8-12(16)13(17)9-14(15)19-5/h8-11H,6-7,17H2,1-5H3. The molecule has 0 saturated heterocycles. The molecule has 5 heteroatoms. The summed E-state index contributed by atoms with van der Waals surface area (Å²) < 4.78 is 11.0. The number of nitrogen functional groups attached to an aromatic ring is 1. The third kappa shape index (κ3) is 4.46. The summed E-state index contributed by atoms with van der Waals surface area (Å²) in [7, 11) is 1.59. The molecule has 2 N–H and O–H groups in total. The average Bonchev–Trinajstić information content (AvgIpc) is 2.37. The molecule has 0 aliphatic carbocycles. The lowest BCUT2D eigenvalue weighted by atomic mass is 10.2. The maximum Gasteiger partial charge on any atom is 0.162 e. The molecule has 0 aliphatic heterocycles. The van der Waals surface area contributed by atoms with Crippen LogP contribution in [0.5, 0.6) is 11.5 Å². The first-order valence-corrected chi connectivity index (χ1v) is 7.26. The van der Waals surface area contributed by atoms with Crippen LogP contribution in [0.25, 0.3) is 0 Å². The monoisotopic (exact) mass is 300 g/mol. The molecule has 0 unspecified atom stereocenters. The van der Waals surface area contributed by atoms with Crippen LogP contribution in [-0.2, 0) is 0 Å². The van der Waals surface area contributed by atoms with Crippen molar-refractivity contribution >= 4 is 17.3 Å². The Morgan fingerprint density at radius 1 is 1.15 bits per heavy atom. The summed E-state index contributed by atoms with van der Waals surface area (Å²) in [4.78, 5) is 2.37. The van der Waals surface area contributed by atoms with Crippen LogP contribution in [0.1, 0.15) is 27.7 Å². The van der Waals surface area contributed by atoms with Gasteiger partial charge in [-0.25, -0.2) is 0 Å². The Bertz CT molecular complexity index is 428. The van der Waals surface area contributed by atoms with Gasteiger partial charge < -0.3 is 15.2 Å². The molecule has 4 nitrogen and oxygen atoms in total. The van der Waals surface area contributed by atoms with Crippen LogP contribution in [0.2, 0.25) is 5.02 Å². The average molecular weight is 301 g/mol. The molecule has 0 aromatic heterocycles. The predicted octanol–water partition coefficient (Wildman–Crippen LogP) is 3.43. The van der Waals surface area contributed by atoms with Gasteiger partial charge in [0.25, 0.3) is 0 Å². The molecular weight excluding hydrogens is 276 g/mol. The predicted molar refractivity (Wildman–Crippen MR) is 84.9 cm³/mol. The van der Waals surface area contributed by atoms with Gasteiger partial charge in [0.2, 0.25) is 0 Å². The lowest BCUT2D eigenvalue weighted by Crippen LogP contribution is -2.39. The smallest absolute Gasteiger partial charge is 0.162 e. The SMILES string of the molecule is COc1cc(N)c(Cl)cc1OCCN(C(C)C)C(C)C. The van der Waals surface area contributed by atoms with Gasteiger partial charge in [-0.15, -0.1) is 0 Å². The van der Waals surface area contributed by atoms with Gasteiger partial charge in [-0.3, -0.25) is 4.90 Å². The van der Waals surface area contributed by atoms with Crippen molar-refractivity contribution in [1.29, 1.82) is 0 Å². The first-order chi connectivity index (χ1) is 9.36. The van der Waals surface area contributed by atoms with Crippen LogP contribution >= 0.6 is 11.6 Å². The summed E-state index contributed by atoms with van der Waals surface area (Å²) in [5, 5.41) is 0.477. The molecule has 1 aromatic rings. The minimum Gasteiger partial charge on any atom is -0.493 e. The highest BCUT2D eigenvalue weighted by atomic mass is 35.5. The number of anilines is 1. The number of methoxy groups -OCH3 is 1. The molecule has 0 radical (unpaired) electrons. The molecule has 0 spiro atoms. The molecule has 0 saturated carbocycles. The van der Waals surface area contributed by atoms with Gasteiger partial charge in [-0.1, -0.05) is 11.6 Å². The summed E-state index contributed by atoms with van der Waals surface area (Å²) >= 11 is 6.01. The van der Waals surface area contributed by atoms with E-state index in [1.54, 1.807) is 19.2 Å². The zero-order valence-corrected chi connectivity index (χ0v) is 13.7. The summed E-state index contributed by atoms with van der Waals surface area (Å²) in [5.74, 6) is 1.23. The maximum atomic E-state index is 6.01. The Morgan fingerprint density at radius 2 is 1.75 bits per heavy atom. The highest BCUT2D eigenvalue weighted by Gasteiger charge is 2.14. The van der Waals surface area contributed by atoms with Crippen LogP contribution in [0, 0.1) is 0 Å². The minimum absolute atomic E-state index is 0.477. The molecule has 0 atom stereocenters. The number of benzene rings is 1. The molecule has 0 fully saturated rings. The van der Waals surface area contributed by atoms with Crippen molar-refractivity contribution in [2.75, 3.05) is 26.0 Å². The van der Waals surface area contributed by atoms with Gasteiger partial charge in [0.15, 0.2) is 11.5 Å². The number of nitrogens with zero attached hydrogens (tertiary/aromatic N) is 1. The molecule has 0 amide bonds. The van der Waals surface area contributed by atoms with E-state index in [4.69, 9.17) is 26.8 Å². The number of rotatable bonds is 7. The van der Waals surface area contributed by atoms with Gasteiger partial charge in [0.1, 0.15) is 6.61 Å². The quantitative estimate of drug-likeness (QED) is 0.784. The third-order valence-electron chi connectivity index (χ3n) is 3.22. The van der Waals surface area contributed by atoms with Crippen molar-refractivity contribution in [3.8, 4) is 11.5 Å². The van der Waals surface area contributed by atoms with Crippen LogP contribution in [0.3, 0.4) is 0 Å². The fourth-order valence-corrected chi connectivity index (χ4v) is 2.35. The second-order valence-corrected chi connectivity index (χ2v) is 5.71. The largest absolute Gasteiger partial charge is 0.493 e. The first-order valence-electron chi connectivity index (χ1n) is 6.88. The van der Waals surface area contributed by atoms with E-state index in [-0.39, 0.29) is 0 Å². The lowest BCUT2D eigenvalue weighted by molar-refractivity contribution is 0.140. The van der Waals surface area contributed by atoms with Gasteiger partial charge in [0, 0.05) is 30.8 Å². The van der Waals surface area contributed by atoms with E-state index in [0.717, 1.165) is 6.54 Å². The van der Waals surface area contributed by atoms with Crippen molar-refractivity contribution < 1.29 is 9.47 Å². The van der Waals surface area contributed by atoms with E-state index in [2.05, 4.69) is 32.6 Å². The Kier molecular flexibility index (Phi) is 6.43. The molecule has 1 aromatic carbocycles. The van der Waals surface area contributed by atoms with Crippen molar-refractivity contribution in [3.63, 3.8) is 0 Å². The molecule has 0 heterocycles. The molecule has 20 heavy (non-hydrogen) atoms. The van der Waals surface area contributed by atoms with Crippen LogP contribution in [0.4, 0.5) is 5.69 Å². The molecule has 1 rings (SSSR count). The number of hydrogen-bond donors (Lipinski definition) is 1. The second kappa shape index (κ2) is 7.60. The summed E-state index contributed by atoms with van der Waals surface area (Å²) in [6.45, 7) is 10.1. The Labute approximate surface area is 126 Å². The fraction of sp³-hybridized carbons (Fsp3) is 0.600. The van der Waals surface area contributed by atoms with Crippen molar-refractivity contribution in [3.05, 3.63) is 17.2 Å². The fourth-order valence-electron chi connectivity index (χ4n) is 2.20. The molecular formula is C15H25ClN2O2. The van der Waals surface area contributed by atoms with E-state index >= 15 is 0 Å². The number of nitrogens with two attached hydrogens (primary N) is 1. The third-order valence-corrected chi connectivity index (χ3v) is 3.54. The minimum atomic E-state index is 0.477. The van der Waals surface area contributed by atoms with Gasteiger partial charge in [-0.05, 0) is 27.7 Å². The topological polar surface area (TPSA) is 47.7 Å². The highest BCUT2D eigenvalue weighted by molar-refractivity contribution is 6.33. The van der Waals surface area contributed by atoms with Crippen molar-refractivity contribution in [2.45, 2.75) is 39.8 Å². The zero-order valence-electron chi connectivity index (χ0n) is 12.9. The Morgan fingerprint density at radius 3 is 2.25 bits per heavy atom. The number of hydrogen-bond acceptors (Lipinski definition) is 4. The zero-order chi connectivity index (χ0) is 15.3. The lowest BCUT2D eigenvalue weighted by Gasteiger charge is -2.30. The highest BCUT2D eigenvalue weighted by Crippen LogP contribution is 2.34. The van der Waals surface area contributed by atoms with Crippen molar-refractivity contribution in [1.82, 2.24) is 4.90 Å². The molecule has 114 valence electrons. The molecule has 0 bridgehead atoms. The first kappa shape index (κ1) is 16.9. The van der Waals surface area contributed by atoms with Gasteiger partial charge >= 0.3 is 0 Å².